The standard InChI is InChI=1S/C26H28N6OS/c1-3-18-13-26(14-20(18)27-8-1)6-11-31(12-7-26)22-15-30-23(16-29-22)34-21-5-9-28-25-24(21)33-17-19-4-2-10-32(19)25/h1,3,5,8-9,15-16,19H,2,4,6-7,10-14,17H2/t19-/m0/s1. The number of piperidine rings is 1. The van der Waals surface area contributed by atoms with Crippen LogP contribution < -0.4 is 14.5 Å². The molecule has 2 saturated heterocycles. The van der Waals surface area contributed by atoms with Crippen LogP contribution in [0.4, 0.5) is 11.6 Å². The van der Waals surface area contributed by atoms with Crippen LogP contribution in [0.25, 0.3) is 0 Å². The Morgan fingerprint density at radius 3 is 2.76 bits per heavy atom. The zero-order chi connectivity index (χ0) is 22.5. The SMILES string of the molecule is c1cnc2c(c1)CC1(CCN(c3cnc(Sc4ccnc5c4OC[C@@H]4CCCN54)cn3)CC1)C2. The minimum Gasteiger partial charge on any atom is -0.486 e. The van der Waals surface area contributed by atoms with E-state index in [4.69, 9.17) is 14.7 Å². The molecule has 6 heterocycles. The van der Waals surface area contributed by atoms with Gasteiger partial charge >= 0.3 is 0 Å². The van der Waals surface area contributed by atoms with E-state index in [2.05, 4.69) is 31.9 Å². The molecule has 0 aromatic carbocycles. The van der Waals surface area contributed by atoms with Crippen LogP contribution in [0.1, 0.15) is 36.9 Å². The summed E-state index contributed by atoms with van der Waals surface area (Å²) in [5.74, 6) is 2.85. The normalized spacial score (nSPS) is 22.3. The Bertz CT molecular complexity index is 1180. The van der Waals surface area contributed by atoms with E-state index < -0.39 is 0 Å². The van der Waals surface area contributed by atoms with Crippen molar-refractivity contribution in [1.29, 1.82) is 0 Å². The van der Waals surface area contributed by atoms with Crippen molar-refractivity contribution in [2.24, 2.45) is 5.41 Å². The number of ether oxygens (including phenoxy) is 1. The van der Waals surface area contributed by atoms with E-state index in [-0.39, 0.29) is 0 Å². The number of hydrogen-bond donors (Lipinski definition) is 0. The second-order valence-electron chi connectivity index (χ2n) is 10.0. The molecule has 1 atom stereocenters. The lowest BCUT2D eigenvalue weighted by atomic mass is 9.76. The lowest BCUT2D eigenvalue weighted by Gasteiger charge is -2.39. The fourth-order valence-electron chi connectivity index (χ4n) is 6.12. The van der Waals surface area contributed by atoms with Crippen molar-refractivity contribution in [3.05, 3.63) is 54.2 Å². The molecule has 4 aliphatic rings. The van der Waals surface area contributed by atoms with Gasteiger partial charge in [-0.15, -0.1) is 0 Å². The van der Waals surface area contributed by atoms with E-state index in [1.54, 1.807) is 11.8 Å². The average Bonchev–Trinajstić information content (AvgIpc) is 3.50. The highest BCUT2D eigenvalue weighted by atomic mass is 32.2. The van der Waals surface area contributed by atoms with Gasteiger partial charge in [0.25, 0.3) is 0 Å². The second-order valence-corrected chi connectivity index (χ2v) is 11.1. The monoisotopic (exact) mass is 472 g/mol. The molecule has 0 radical (unpaired) electrons. The highest BCUT2D eigenvalue weighted by Crippen LogP contribution is 2.45. The molecule has 174 valence electrons. The number of aromatic nitrogens is 4. The van der Waals surface area contributed by atoms with Gasteiger partial charge in [-0.05, 0) is 61.6 Å². The number of hydrogen-bond acceptors (Lipinski definition) is 8. The van der Waals surface area contributed by atoms with Gasteiger partial charge in [0.05, 0.1) is 23.3 Å². The molecule has 3 aromatic heterocycles. The maximum absolute atomic E-state index is 6.14. The largest absolute Gasteiger partial charge is 0.486 e. The van der Waals surface area contributed by atoms with E-state index in [0.717, 1.165) is 60.0 Å². The van der Waals surface area contributed by atoms with Crippen LogP contribution in [0.2, 0.25) is 0 Å². The molecule has 0 unspecified atom stereocenters. The van der Waals surface area contributed by atoms with Gasteiger partial charge in [0.2, 0.25) is 0 Å². The first-order chi connectivity index (χ1) is 16.8. The Labute approximate surface area is 204 Å². The molecular weight excluding hydrogens is 444 g/mol. The summed E-state index contributed by atoms with van der Waals surface area (Å²) in [6.45, 7) is 3.86. The molecule has 8 heteroatoms. The lowest BCUT2D eigenvalue weighted by Crippen LogP contribution is -2.41. The van der Waals surface area contributed by atoms with Gasteiger partial charge in [0.15, 0.2) is 11.6 Å². The van der Waals surface area contributed by atoms with Crippen LogP contribution in [0.3, 0.4) is 0 Å². The minimum atomic E-state index is 0.380. The summed E-state index contributed by atoms with van der Waals surface area (Å²) >= 11 is 1.61. The van der Waals surface area contributed by atoms with Crippen molar-refractivity contribution >= 4 is 23.4 Å². The van der Waals surface area contributed by atoms with Gasteiger partial charge in [0.1, 0.15) is 17.5 Å². The molecule has 34 heavy (non-hydrogen) atoms. The molecular formula is C26H28N6OS. The summed E-state index contributed by atoms with van der Waals surface area (Å²) in [5.41, 5.74) is 3.13. The van der Waals surface area contributed by atoms with Crippen LogP contribution >= 0.6 is 11.8 Å². The molecule has 1 aliphatic carbocycles. The third-order valence-corrected chi connectivity index (χ3v) is 8.95. The van der Waals surface area contributed by atoms with E-state index in [0.29, 0.717) is 11.5 Å². The number of fused-ring (bicyclic) bond motifs is 4. The first kappa shape index (κ1) is 20.5. The van der Waals surface area contributed by atoms with Gasteiger partial charge in [-0.25, -0.2) is 15.0 Å². The van der Waals surface area contributed by atoms with Crippen molar-refractivity contribution in [2.45, 2.75) is 54.5 Å². The molecule has 0 bridgehead atoms. The average molecular weight is 473 g/mol. The first-order valence-corrected chi connectivity index (χ1v) is 13.1. The predicted molar refractivity (Wildman–Crippen MR) is 132 cm³/mol. The Morgan fingerprint density at radius 2 is 1.91 bits per heavy atom. The Morgan fingerprint density at radius 1 is 0.971 bits per heavy atom. The van der Waals surface area contributed by atoms with Crippen LogP contribution in [0, 0.1) is 5.41 Å². The van der Waals surface area contributed by atoms with Crippen LogP contribution in [0.15, 0.2) is 52.9 Å². The highest BCUT2D eigenvalue weighted by molar-refractivity contribution is 7.99. The topological polar surface area (TPSA) is 67.3 Å². The number of rotatable bonds is 3. The van der Waals surface area contributed by atoms with E-state index in [1.165, 1.54) is 43.4 Å². The zero-order valence-corrected chi connectivity index (χ0v) is 20.0. The fraction of sp³-hybridized carbons (Fsp3) is 0.462. The number of pyridine rings is 2. The van der Waals surface area contributed by atoms with E-state index >= 15 is 0 Å². The predicted octanol–water partition coefficient (Wildman–Crippen LogP) is 4.16. The highest BCUT2D eigenvalue weighted by Gasteiger charge is 2.40. The van der Waals surface area contributed by atoms with Crippen molar-refractivity contribution in [2.75, 3.05) is 36.0 Å². The van der Waals surface area contributed by atoms with Crippen LogP contribution in [0.5, 0.6) is 5.75 Å². The smallest absolute Gasteiger partial charge is 0.175 e. The van der Waals surface area contributed by atoms with Crippen LogP contribution in [-0.2, 0) is 12.8 Å². The van der Waals surface area contributed by atoms with Crippen molar-refractivity contribution < 1.29 is 4.74 Å². The Balaban J connectivity index is 1.03. The molecule has 2 fully saturated rings. The molecule has 7 nitrogen and oxygen atoms in total. The van der Waals surface area contributed by atoms with E-state index in [9.17, 15) is 0 Å². The maximum atomic E-state index is 6.14. The van der Waals surface area contributed by atoms with Crippen molar-refractivity contribution in [3.63, 3.8) is 0 Å². The Hall–Kier alpha value is -2.87. The summed E-state index contributed by atoms with van der Waals surface area (Å²) in [4.78, 5) is 24.6. The van der Waals surface area contributed by atoms with Crippen molar-refractivity contribution in [1.82, 2.24) is 19.9 Å². The third kappa shape index (κ3) is 3.50. The minimum absolute atomic E-state index is 0.380. The maximum Gasteiger partial charge on any atom is 0.175 e. The van der Waals surface area contributed by atoms with Gasteiger partial charge in [-0.3, -0.25) is 4.98 Å². The molecule has 7 rings (SSSR count). The lowest BCUT2D eigenvalue weighted by molar-refractivity contribution is 0.231. The third-order valence-electron chi connectivity index (χ3n) is 7.99. The van der Waals surface area contributed by atoms with Gasteiger partial charge in [-0.2, -0.15) is 0 Å². The van der Waals surface area contributed by atoms with E-state index in [1.807, 2.05) is 30.9 Å². The molecule has 0 N–H and O–H groups in total. The summed E-state index contributed by atoms with van der Waals surface area (Å²) < 4.78 is 6.14. The summed E-state index contributed by atoms with van der Waals surface area (Å²) in [6, 6.07) is 6.81. The number of nitrogens with zero attached hydrogens (tertiary/aromatic N) is 6. The second kappa shape index (κ2) is 8.12. The van der Waals surface area contributed by atoms with Gasteiger partial charge in [-0.1, -0.05) is 17.8 Å². The van der Waals surface area contributed by atoms with Crippen LogP contribution in [-0.4, -0.2) is 52.2 Å². The molecule has 1 spiro atoms. The summed E-state index contributed by atoms with van der Waals surface area (Å²) in [5, 5.41) is 0.884. The van der Waals surface area contributed by atoms with Gasteiger partial charge in [0, 0.05) is 37.7 Å². The zero-order valence-electron chi connectivity index (χ0n) is 19.2. The Kier molecular flexibility index (Phi) is 4.89. The number of anilines is 2. The fourth-order valence-corrected chi connectivity index (χ4v) is 6.93. The quantitative estimate of drug-likeness (QED) is 0.563. The molecule has 3 aromatic rings. The summed E-state index contributed by atoms with van der Waals surface area (Å²) in [7, 11) is 0. The molecule has 3 aliphatic heterocycles. The van der Waals surface area contributed by atoms with Crippen molar-refractivity contribution in [3.8, 4) is 5.75 Å². The molecule has 0 saturated carbocycles. The summed E-state index contributed by atoms with van der Waals surface area (Å²) in [6.07, 6.45) is 14.7. The molecule has 0 amide bonds. The first-order valence-electron chi connectivity index (χ1n) is 12.3. The van der Waals surface area contributed by atoms with Gasteiger partial charge < -0.3 is 14.5 Å².